The molecule has 0 spiro atoms. The smallest absolute Gasteiger partial charge is 0.216 e. The van der Waals surface area contributed by atoms with Crippen LogP contribution in [0.3, 0.4) is 0 Å². The van der Waals surface area contributed by atoms with Crippen molar-refractivity contribution in [2.45, 2.75) is 52.1 Å². The number of nitrogens with two attached hydrogens (primary N) is 1. The van der Waals surface area contributed by atoms with E-state index in [-0.39, 0.29) is 6.04 Å². The molecule has 2 rings (SSSR count). The Kier molecular flexibility index (Phi) is 5.27. The van der Waals surface area contributed by atoms with Gasteiger partial charge in [-0.25, -0.2) is 4.68 Å². The van der Waals surface area contributed by atoms with Crippen LogP contribution in [0, 0.1) is 12.8 Å². The number of ether oxygens (including phenoxy) is 1. The Morgan fingerprint density at radius 3 is 2.57 bits per heavy atom. The van der Waals surface area contributed by atoms with Gasteiger partial charge in [0.1, 0.15) is 0 Å². The number of aromatic nitrogens is 2. The first-order valence-electron chi connectivity index (χ1n) is 8.02. The van der Waals surface area contributed by atoms with E-state index in [1.165, 1.54) is 19.3 Å². The number of hydrogen-bond donors (Lipinski definition) is 1. The van der Waals surface area contributed by atoms with Gasteiger partial charge in [-0.05, 0) is 38.6 Å². The predicted molar refractivity (Wildman–Crippen MR) is 85.5 cm³/mol. The highest BCUT2D eigenvalue weighted by Crippen LogP contribution is 2.38. The highest BCUT2D eigenvalue weighted by atomic mass is 16.5. The summed E-state index contributed by atoms with van der Waals surface area (Å²) in [6, 6.07) is 0.890. The van der Waals surface area contributed by atoms with E-state index in [1.807, 2.05) is 18.7 Å². The summed E-state index contributed by atoms with van der Waals surface area (Å²) in [6.07, 6.45) is 3.78. The van der Waals surface area contributed by atoms with Crippen molar-refractivity contribution >= 4 is 0 Å². The second-order valence-corrected chi connectivity index (χ2v) is 6.53. The van der Waals surface area contributed by atoms with Gasteiger partial charge in [0.25, 0.3) is 0 Å². The van der Waals surface area contributed by atoms with Crippen molar-refractivity contribution < 1.29 is 4.74 Å². The van der Waals surface area contributed by atoms with Crippen molar-refractivity contribution in [3.05, 3.63) is 11.3 Å². The van der Waals surface area contributed by atoms with Crippen molar-refractivity contribution in [2.24, 2.45) is 18.7 Å². The molecule has 0 radical (unpaired) electrons. The van der Waals surface area contributed by atoms with Crippen molar-refractivity contribution in [2.75, 3.05) is 20.2 Å². The third kappa shape index (κ3) is 3.58. The van der Waals surface area contributed by atoms with Gasteiger partial charge in [-0.1, -0.05) is 13.8 Å². The second kappa shape index (κ2) is 6.79. The molecule has 1 fully saturated rings. The van der Waals surface area contributed by atoms with Gasteiger partial charge in [-0.15, -0.1) is 0 Å². The Morgan fingerprint density at radius 1 is 1.43 bits per heavy atom. The maximum Gasteiger partial charge on any atom is 0.216 e. The zero-order chi connectivity index (χ0) is 15.6. The molecule has 0 bridgehead atoms. The van der Waals surface area contributed by atoms with Crippen LogP contribution in [-0.4, -0.2) is 40.9 Å². The van der Waals surface area contributed by atoms with Crippen LogP contribution in [0.25, 0.3) is 0 Å². The molecule has 1 atom stereocenters. The molecule has 0 aromatic carbocycles. The molecule has 5 nitrogen and oxygen atoms in total. The molecule has 1 saturated carbocycles. The monoisotopic (exact) mass is 294 g/mol. The van der Waals surface area contributed by atoms with Crippen LogP contribution in [0.4, 0.5) is 0 Å². The lowest BCUT2D eigenvalue weighted by atomic mass is 10.0. The fourth-order valence-corrected chi connectivity index (χ4v) is 3.10. The SMILES string of the molecule is COc1c(C(CN)N(CCC(C)C)C2CC2)c(C)nn1C. The Hall–Kier alpha value is -1.07. The molecule has 0 aliphatic heterocycles. The lowest BCUT2D eigenvalue weighted by Gasteiger charge is -2.32. The fraction of sp³-hybridized carbons (Fsp3) is 0.812. The van der Waals surface area contributed by atoms with Gasteiger partial charge in [0, 0.05) is 19.6 Å². The molecule has 1 aromatic rings. The first-order chi connectivity index (χ1) is 9.99. The highest BCUT2D eigenvalue weighted by Gasteiger charge is 2.36. The molecular formula is C16H30N4O. The maximum atomic E-state index is 6.15. The summed E-state index contributed by atoms with van der Waals surface area (Å²) < 4.78 is 7.39. The van der Waals surface area contributed by atoms with E-state index < -0.39 is 0 Å². The molecule has 120 valence electrons. The van der Waals surface area contributed by atoms with E-state index in [2.05, 4.69) is 23.8 Å². The van der Waals surface area contributed by atoms with Crippen LogP contribution in [0.2, 0.25) is 0 Å². The number of hydrogen-bond acceptors (Lipinski definition) is 4. The van der Waals surface area contributed by atoms with Crippen LogP contribution in [-0.2, 0) is 7.05 Å². The minimum Gasteiger partial charge on any atom is -0.481 e. The summed E-state index contributed by atoms with van der Waals surface area (Å²) in [4.78, 5) is 2.58. The van der Waals surface area contributed by atoms with E-state index in [9.17, 15) is 0 Å². The molecule has 2 N–H and O–H groups in total. The van der Waals surface area contributed by atoms with Crippen molar-refractivity contribution in [3.8, 4) is 5.88 Å². The normalized spacial score (nSPS) is 16.8. The zero-order valence-electron chi connectivity index (χ0n) is 14.1. The molecule has 1 heterocycles. The minimum absolute atomic E-state index is 0.208. The lowest BCUT2D eigenvalue weighted by Crippen LogP contribution is -2.37. The van der Waals surface area contributed by atoms with Crippen molar-refractivity contribution in [1.29, 1.82) is 0 Å². The summed E-state index contributed by atoms with van der Waals surface area (Å²) in [5.74, 6) is 1.56. The van der Waals surface area contributed by atoms with Crippen LogP contribution < -0.4 is 10.5 Å². The van der Waals surface area contributed by atoms with Crippen LogP contribution in [0.5, 0.6) is 5.88 Å². The topological polar surface area (TPSA) is 56.3 Å². The van der Waals surface area contributed by atoms with Gasteiger partial charge in [0.2, 0.25) is 5.88 Å². The maximum absolute atomic E-state index is 6.15. The quantitative estimate of drug-likeness (QED) is 0.799. The molecule has 5 heteroatoms. The molecule has 1 aromatic heterocycles. The predicted octanol–water partition coefficient (Wildman–Crippen LogP) is 2.25. The molecule has 1 aliphatic carbocycles. The van der Waals surface area contributed by atoms with Gasteiger partial charge >= 0.3 is 0 Å². The first-order valence-corrected chi connectivity index (χ1v) is 8.02. The van der Waals surface area contributed by atoms with E-state index in [0.29, 0.717) is 18.5 Å². The largest absolute Gasteiger partial charge is 0.481 e. The average Bonchev–Trinajstić information content (AvgIpc) is 3.21. The third-order valence-electron chi connectivity index (χ3n) is 4.34. The average molecular weight is 294 g/mol. The molecule has 1 unspecified atom stereocenters. The third-order valence-corrected chi connectivity index (χ3v) is 4.34. The number of rotatable bonds is 8. The minimum atomic E-state index is 0.208. The van der Waals surface area contributed by atoms with Gasteiger partial charge in [0.15, 0.2) is 0 Å². The van der Waals surface area contributed by atoms with Gasteiger partial charge in [-0.3, -0.25) is 4.90 Å². The van der Waals surface area contributed by atoms with E-state index >= 15 is 0 Å². The summed E-state index contributed by atoms with van der Waals surface area (Å²) >= 11 is 0. The van der Waals surface area contributed by atoms with Gasteiger partial charge in [-0.2, -0.15) is 5.10 Å². The summed E-state index contributed by atoms with van der Waals surface area (Å²) in [7, 11) is 3.64. The summed E-state index contributed by atoms with van der Waals surface area (Å²) in [6.45, 7) is 8.31. The summed E-state index contributed by atoms with van der Waals surface area (Å²) in [5, 5.41) is 4.52. The molecular weight excluding hydrogens is 264 g/mol. The summed E-state index contributed by atoms with van der Waals surface area (Å²) in [5.41, 5.74) is 8.34. The first kappa shape index (κ1) is 16.3. The molecule has 1 aliphatic rings. The Morgan fingerprint density at radius 2 is 2.10 bits per heavy atom. The second-order valence-electron chi connectivity index (χ2n) is 6.53. The zero-order valence-corrected chi connectivity index (χ0v) is 14.1. The van der Waals surface area contributed by atoms with Gasteiger partial charge < -0.3 is 10.5 Å². The van der Waals surface area contributed by atoms with E-state index in [0.717, 1.165) is 23.7 Å². The van der Waals surface area contributed by atoms with E-state index in [4.69, 9.17) is 10.5 Å². The Bertz CT molecular complexity index is 465. The highest BCUT2D eigenvalue weighted by molar-refractivity contribution is 5.35. The van der Waals surface area contributed by atoms with Gasteiger partial charge in [0.05, 0.1) is 24.4 Å². The molecule has 0 saturated heterocycles. The number of methoxy groups -OCH3 is 1. The number of aryl methyl sites for hydroxylation is 2. The Labute approximate surface area is 128 Å². The molecule has 0 amide bonds. The van der Waals surface area contributed by atoms with Crippen LogP contribution >= 0.6 is 0 Å². The molecule has 21 heavy (non-hydrogen) atoms. The van der Waals surface area contributed by atoms with Crippen molar-refractivity contribution in [1.82, 2.24) is 14.7 Å². The van der Waals surface area contributed by atoms with E-state index in [1.54, 1.807) is 7.11 Å². The number of nitrogens with zero attached hydrogens (tertiary/aromatic N) is 3. The standard InChI is InChI=1S/C16H30N4O/c1-11(2)8-9-20(13-6-7-13)14(10-17)15-12(3)18-19(4)16(15)21-5/h11,13-14H,6-10,17H2,1-5H3. The fourth-order valence-electron chi connectivity index (χ4n) is 3.10. The van der Waals surface area contributed by atoms with Crippen LogP contribution in [0.1, 0.15) is 50.4 Å². The van der Waals surface area contributed by atoms with Crippen molar-refractivity contribution in [3.63, 3.8) is 0 Å². The lowest BCUT2D eigenvalue weighted by molar-refractivity contribution is 0.176. The van der Waals surface area contributed by atoms with Crippen LogP contribution in [0.15, 0.2) is 0 Å². The Balaban J connectivity index is 2.27.